The number of aliphatic imine (C=N–C) groups is 1. The lowest BCUT2D eigenvalue weighted by Crippen LogP contribution is -2.22. The summed E-state index contributed by atoms with van der Waals surface area (Å²) in [5.41, 5.74) is 10.3. The molecule has 0 fully saturated rings. The third kappa shape index (κ3) is 5.85. The van der Waals surface area contributed by atoms with E-state index in [0.717, 1.165) is 5.57 Å². The van der Waals surface area contributed by atoms with Crippen molar-refractivity contribution in [1.82, 2.24) is 5.43 Å². The minimum Gasteiger partial charge on any atom is -0.397 e. The number of hydrogen-bond donors (Lipinski definition) is 2. The van der Waals surface area contributed by atoms with E-state index in [4.69, 9.17) is 5.73 Å². The molecule has 0 aliphatic carbocycles. The average Bonchev–Trinajstić information content (AvgIpc) is 2.25. The van der Waals surface area contributed by atoms with Gasteiger partial charge in [0.15, 0.2) is 0 Å². The van der Waals surface area contributed by atoms with E-state index in [2.05, 4.69) is 15.5 Å². The number of amides is 1. The summed E-state index contributed by atoms with van der Waals surface area (Å²) in [6.07, 6.45) is 2.26. The summed E-state index contributed by atoms with van der Waals surface area (Å²) in [7, 11) is 0. The molecule has 0 aromatic carbocycles. The van der Waals surface area contributed by atoms with E-state index in [-0.39, 0.29) is 12.0 Å². The number of rotatable bonds is 6. The van der Waals surface area contributed by atoms with Gasteiger partial charge in [0.25, 0.3) is 0 Å². The van der Waals surface area contributed by atoms with Crippen molar-refractivity contribution < 1.29 is 4.79 Å². The summed E-state index contributed by atoms with van der Waals surface area (Å²) in [6.45, 7) is 9.78. The van der Waals surface area contributed by atoms with Crippen molar-refractivity contribution in [2.75, 3.05) is 0 Å². The minimum absolute atomic E-state index is 0.129. The van der Waals surface area contributed by atoms with Gasteiger partial charge in [-0.2, -0.15) is 5.10 Å². The first-order chi connectivity index (χ1) is 7.90. The van der Waals surface area contributed by atoms with Gasteiger partial charge in [-0.05, 0) is 32.3 Å². The second-order valence-electron chi connectivity index (χ2n) is 4.37. The Hall–Kier alpha value is -1.65. The number of hydrazone groups is 1. The zero-order chi connectivity index (χ0) is 13.4. The van der Waals surface area contributed by atoms with Gasteiger partial charge in [-0.1, -0.05) is 13.8 Å². The number of carbonyl (C=O) groups is 1. The molecule has 0 saturated carbocycles. The van der Waals surface area contributed by atoms with Crippen molar-refractivity contribution in [3.63, 3.8) is 0 Å². The number of carbonyl (C=O) groups excluding carboxylic acids is 1. The highest BCUT2D eigenvalue weighted by Crippen LogP contribution is 2.07. The topological polar surface area (TPSA) is 79.8 Å². The molecule has 0 aromatic heterocycles. The number of hydrogen-bond acceptors (Lipinski definition) is 4. The molecule has 96 valence electrons. The van der Waals surface area contributed by atoms with Crippen LogP contribution in [0.2, 0.25) is 0 Å². The van der Waals surface area contributed by atoms with Crippen molar-refractivity contribution in [3.05, 3.63) is 11.3 Å². The van der Waals surface area contributed by atoms with Crippen LogP contribution in [-0.2, 0) is 4.79 Å². The van der Waals surface area contributed by atoms with Crippen LogP contribution in [0.25, 0.3) is 0 Å². The molecule has 0 spiro atoms. The number of nitrogens with two attached hydrogens (primary N) is 1. The molecule has 1 amide bonds. The van der Waals surface area contributed by atoms with Gasteiger partial charge in [-0.25, -0.2) is 5.43 Å². The van der Waals surface area contributed by atoms with E-state index in [9.17, 15) is 4.79 Å². The Balaban J connectivity index is 5.11. The average molecular weight is 238 g/mol. The molecule has 0 atom stereocenters. The molecule has 3 N–H and O–H groups in total. The molecule has 0 unspecified atom stereocenters. The first kappa shape index (κ1) is 15.3. The highest BCUT2D eigenvalue weighted by Gasteiger charge is 2.10. The lowest BCUT2D eigenvalue weighted by atomic mass is 10.0. The van der Waals surface area contributed by atoms with E-state index in [1.807, 2.05) is 34.6 Å². The highest BCUT2D eigenvalue weighted by molar-refractivity contribution is 6.05. The van der Waals surface area contributed by atoms with Crippen molar-refractivity contribution in [2.45, 2.75) is 40.7 Å². The van der Waals surface area contributed by atoms with Crippen LogP contribution in [0, 0.1) is 5.92 Å². The zero-order valence-electron chi connectivity index (χ0n) is 11.2. The zero-order valence-corrected chi connectivity index (χ0v) is 11.2. The molecule has 17 heavy (non-hydrogen) atoms. The van der Waals surface area contributed by atoms with Crippen LogP contribution in [0.1, 0.15) is 34.6 Å². The van der Waals surface area contributed by atoms with E-state index < -0.39 is 0 Å². The fourth-order valence-electron chi connectivity index (χ4n) is 1.13. The maximum atomic E-state index is 10.2. The summed E-state index contributed by atoms with van der Waals surface area (Å²) in [6, 6.07) is 0.227. The molecule has 0 bridgehead atoms. The molecule has 0 saturated heterocycles. The second kappa shape index (κ2) is 7.60. The normalized spacial score (nSPS) is 14.4. The van der Waals surface area contributed by atoms with Crippen molar-refractivity contribution >= 4 is 18.3 Å². The van der Waals surface area contributed by atoms with Crippen molar-refractivity contribution in [1.29, 1.82) is 0 Å². The Labute approximate surface area is 103 Å². The van der Waals surface area contributed by atoms with Crippen LogP contribution in [0.3, 0.4) is 0 Å². The molecule has 0 heterocycles. The maximum absolute atomic E-state index is 10.2. The molecule has 0 radical (unpaired) electrons. The van der Waals surface area contributed by atoms with Gasteiger partial charge in [0, 0.05) is 12.3 Å². The van der Waals surface area contributed by atoms with Crippen LogP contribution < -0.4 is 11.2 Å². The highest BCUT2D eigenvalue weighted by atomic mass is 16.1. The van der Waals surface area contributed by atoms with Gasteiger partial charge in [0.1, 0.15) is 0 Å². The van der Waals surface area contributed by atoms with Gasteiger partial charge in [0.05, 0.1) is 11.4 Å². The minimum atomic E-state index is 0.129. The monoisotopic (exact) mass is 238 g/mol. The lowest BCUT2D eigenvalue weighted by molar-refractivity contribution is -0.109. The van der Waals surface area contributed by atoms with E-state index >= 15 is 0 Å². The molecular formula is C12H22N4O. The number of nitrogens with zero attached hydrogens (tertiary/aromatic N) is 2. The van der Waals surface area contributed by atoms with Gasteiger partial charge in [-0.3, -0.25) is 9.79 Å². The molecular weight excluding hydrogens is 216 g/mol. The van der Waals surface area contributed by atoms with Gasteiger partial charge < -0.3 is 5.73 Å². The first-order valence-corrected chi connectivity index (χ1v) is 5.66. The van der Waals surface area contributed by atoms with Crippen LogP contribution >= 0.6 is 0 Å². The van der Waals surface area contributed by atoms with Gasteiger partial charge in [0.2, 0.25) is 6.41 Å². The van der Waals surface area contributed by atoms with Crippen LogP contribution in [-0.4, -0.2) is 24.4 Å². The van der Waals surface area contributed by atoms with E-state index in [1.165, 1.54) is 0 Å². The molecule has 0 aliphatic rings. The third-order valence-corrected chi connectivity index (χ3v) is 2.05. The Morgan fingerprint density at radius 2 is 1.88 bits per heavy atom. The standard InChI is InChI=1S/C12H22N4O/c1-8(2)12(16-15-7-17)11(13)10(5)6-14-9(3)4/h6-9H,13H2,1-5H3,(H,15,17)/b11-10?,14-6?,16-12-. The van der Waals surface area contributed by atoms with E-state index in [0.29, 0.717) is 17.8 Å². The summed E-state index contributed by atoms with van der Waals surface area (Å²) >= 11 is 0. The third-order valence-electron chi connectivity index (χ3n) is 2.05. The van der Waals surface area contributed by atoms with Crippen LogP contribution in [0.15, 0.2) is 21.4 Å². The van der Waals surface area contributed by atoms with Crippen molar-refractivity contribution in [3.8, 4) is 0 Å². The molecule has 0 rings (SSSR count). The van der Waals surface area contributed by atoms with Crippen LogP contribution in [0.4, 0.5) is 0 Å². The molecule has 5 heteroatoms. The predicted octanol–water partition coefficient (Wildman–Crippen LogP) is 1.46. The fraction of sp³-hybridized carbons (Fsp3) is 0.583. The molecule has 5 nitrogen and oxygen atoms in total. The summed E-state index contributed by atoms with van der Waals surface area (Å²) < 4.78 is 0. The van der Waals surface area contributed by atoms with Crippen LogP contribution in [0.5, 0.6) is 0 Å². The molecule has 0 aromatic rings. The summed E-state index contributed by atoms with van der Waals surface area (Å²) in [5, 5.41) is 3.94. The van der Waals surface area contributed by atoms with E-state index in [1.54, 1.807) is 6.21 Å². The quantitative estimate of drug-likeness (QED) is 0.417. The maximum Gasteiger partial charge on any atom is 0.227 e. The SMILES string of the molecule is CC(C=NC(C)C)=C(N)/C(=N\NC=O)C(C)C. The molecule has 0 aliphatic heterocycles. The predicted molar refractivity (Wildman–Crippen MR) is 72.0 cm³/mol. The second-order valence-corrected chi connectivity index (χ2v) is 4.37. The summed E-state index contributed by atoms with van der Waals surface area (Å²) in [4.78, 5) is 14.5. The lowest BCUT2D eigenvalue weighted by Gasteiger charge is -2.11. The Morgan fingerprint density at radius 1 is 1.29 bits per heavy atom. The largest absolute Gasteiger partial charge is 0.397 e. The smallest absolute Gasteiger partial charge is 0.227 e. The fourth-order valence-corrected chi connectivity index (χ4v) is 1.13. The van der Waals surface area contributed by atoms with Gasteiger partial charge in [-0.15, -0.1) is 0 Å². The first-order valence-electron chi connectivity index (χ1n) is 5.66. The Bertz CT molecular complexity index is 340. The number of nitrogens with one attached hydrogen (secondary N) is 1. The van der Waals surface area contributed by atoms with Crippen molar-refractivity contribution in [2.24, 2.45) is 21.7 Å². The Morgan fingerprint density at radius 3 is 2.29 bits per heavy atom. The number of allylic oxidation sites excluding steroid dienone is 2. The van der Waals surface area contributed by atoms with Gasteiger partial charge >= 0.3 is 0 Å². The Kier molecular flexibility index (Phi) is 6.86. The summed E-state index contributed by atoms with van der Waals surface area (Å²) in [5.74, 6) is 0.129.